The average molecular weight is 355 g/mol. The minimum atomic E-state index is -4.25. The van der Waals surface area contributed by atoms with Gasteiger partial charge in [0.15, 0.2) is 0 Å². The first-order valence-corrected chi connectivity index (χ1v) is 7.61. The SMILES string of the molecule is CCn1ncc(Br)c1C(O)C1CCCCC1C(F)(F)F. The monoisotopic (exact) mass is 354 g/mol. The Morgan fingerprint density at radius 1 is 1.45 bits per heavy atom. The quantitative estimate of drug-likeness (QED) is 0.888. The van der Waals surface area contributed by atoms with Gasteiger partial charge < -0.3 is 5.11 Å². The van der Waals surface area contributed by atoms with Crippen molar-refractivity contribution >= 4 is 15.9 Å². The maximum absolute atomic E-state index is 13.1. The molecular weight excluding hydrogens is 337 g/mol. The van der Waals surface area contributed by atoms with E-state index in [0.717, 1.165) is 6.42 Å². The molecule has 1 aromatic rings. The van der Waals surface area contributed by atoms with Gasteiger partial charge in [-0.05, 0) is 35.7 Å². The van der Waals surface area contributed by atoms with Crippen LogP contribution in [0.2, 0.25) is 0 Å². The van der Waals surface area contributed by atoms with E-state index in [9.17, 15) is 18.3 Å². The molecule has 0 aliphatic heterocycles. The summed E-state index contributed by atoms with van der Waals surface area (Å²) >= 11 is 3.27. The molecule has 0 radical (unpaired) electrons. The number of aliphatic hydroxyl groups is 1. The zero-order valence-corrected chi connectivity index (χ0v) is 12.8. The highest BCUT2D eigenvalue weighted by molar-refractivity contribution is 9.10. The Labute approximate surface area is 124 Å². The molecule has 20 heavy (non-hydrogen) atoms. The molecule has 0 aromatic carbocycles. The first-order chi connectivity index (χ1) is 9.36. The third kappa shape index (κ3) is 3.03. The normalized spacial score (nSPS) is 25.7. The number of aromatic nitrogens is 2. The summed E-state index contributed by atoms with van der Waals surface area (Å²) in [5, 5.41) is 14.5. The van der Waals surface area contributed by atoms with Crippen LogP contribution >= 0.6 is 15.9 Å². The number of aryl methyl sites for hydroxylation is 1. The molecule has 3 nitrogen and oxygen atoms in total. The van der Waals surface area contributed by atoms with E-state index in [1.54, 1.807) is 4.68 Å². The van der Waals surface area contributed by atoms with Gasteiger partial charge in [-0.2, -0.15) is 18.3 Å². The summed E-state index contributed by atoms with van der Waals surface area (Å²) < 4.78 is 41.5. The fourth-order valence-corrected chi connectivity index (χ4v) is 3.60. The number of nitrogens with zero attached hydrogens (tertiary/aromatic N) is 2. The highest BCUT2D eigenvalue weighted by Gasteiger charge is 2.48. The third-order valence-corrected chi connectivity index (χ3v) is 4.67. The molecule has 1 heterocycles. The van der Waals surface area contributed by atoms with E-state index < -0.39 is 24.1 Å². The molecule has 3 unspecified atom stereocenters. The maximum Gasteiger partial charge on any atom is 0.392 e. The summed E-state index contributed by atoms with van der Waals surface area (Å²) in [5.41, 5.74) is 0.452. The lowest BCUT2D eigenvalue weighted by Gasteiger charge is -2.36. The van der Waals surface area contributed by atoms with E-state index >= 15 is 0 Å². The highest BCUT2D eigenvalue weighted by Crippen LogP contribution is 2.47. The minimum Gasteiger partial charge on any atom is -0.386 e. The van der Waals surface area contributed by atoms with Crippen LogP contribution in [0.4, 0.5) is 13.2 Å². The van der Waals surface area contributed by atoms with E-state index in [2.05, 4.69) is 21.0 Å². The summed E-state index contributed by atoms with van der Waals surface area (Å²) in [6, 6.07) is 0. The number of alkyl halides is 3. The van der Waals surface area contributed by atoms with Crippen LogP contribution < -0.4 is 0 Å². The standard InChI is InChI=1S/C13H18BrF3N2O/c1-2-19-11(10(14)7-18-19)12(20)8-5-3-4-6-9(8)13(15,16)17/h7-9,12,20H,2-6H2,1H3. The molecule has 0 bridgehead atoms. The Balaban J connectivity index is 2.30. The molecule has 1 aliphatic carbocycles. The zero-order chi connectivity index (χ0) is 14.9. The van der Waals surface area contributed by atoms with Crippen LogP contribution in [0.5, 0.6) is 0 Å². The van der Waals surface area contributed by atoms with E-state index in [1.807, 2.05) is 6.92 Å². The van der Waals surface area contributed by atoms with Gasteiger partial charge in [-0.25, -0.2) is 0 Å². The van der Waals surface area contributed by atoms with Gasteiger partial charge in [0.1, 0.15) is 6.10 Å². The van der Waals surface area contributed by atoms with Crippen molar-refractivity contribution in [1.82, 2.24) is 9.78 Å². The van der Waals surface area contributed by atoms with Crippen molar-refractivity contribution in [3.8, 4) is 0 Å². The second-order valence-electron chi connectivity index (χ2n) is 5.23. The molecule has 1 N–H and O–H groups in total. The van der Waals surface area contributed by atoms with Crippen molar-refractivity contribution in [2.24, 2.45) is 11.8 Å². The van der Waals surface area contributed by atoms with Crippen molar-refractivity contribution < 1.29 is 18.3 Å². The maximum atomic E-state index is 13.1. The molecule has 0 spiro atoms. The van der Waals surface area contributed by atoms with Crippen LogP contribution in [0, 0.1) is 11.8 Å². The molecule has 3 atom stereocenters. The second kappa shape index (κ2) is 6.05. The average Bonchev–Trinajstić information content (AvgIpc) is 2.78. The number of aliphatic hydroxyl groups excluding tert-OH is 1. The number of rotatable bonds is 3. The summed E-state index contributed by atoms with van der Waals surface area (Å²) in [6.07, 6.45) is -2.08. The Kier molecular flexibility index (Phi) is 4.79. The van der Waals surface area contributed by atoms with Crippen molar-refractivity contribution in [3.05, 3.63) is 16.4 Å². The smallest absolute Gasteiger partial charge is 0.386 e. The fourth-order valence-electron chi connectivity index (χ4n) is 3.06. The van der Waals surface area contributed by atoms with Crippen molar-refractivity contribution in [3.63, 3.8) is 0 Å². The Morgan fingerprint density at radius 2 is 2.10 bits per heavy atom. The van der Waals surface area contributed by atoms with Crippen molar-refractivity contribution in [1.29, 1.82) is 0 Å². The predicted octanol–water partition coefficient (Wildman–Crippen LogP) is 4.07. The molecule has 2 rings (SSSR count). The molecule has 0 saturated heterocycles. The third-order valence-electron chi connectivity index (χ3n) is 4.06. The second-order valence-corrected chi connectivity index (χ2v) is 6.09. The Hall–Kier alpha value is -0.560. The molecule has 1 aliphatic rings. The van der Waals surface area contributed by atoms with Crippen LogP contribution in [-0.2, 0) is 6.54 Å². The molecule has 1 saturated carbocycles. The van der Waals surface area contributed by atoms with Crippen molar-refractivity contribution in [2.75, 3.05) is 0 Å². The minimum absolute atomic E-state index is 0.100. The van der Waals surface area contributed by atoms with E-state index in [-0.39, 0.29) is 6.42 Å². The topological polar surface area (TPSA) is 38.0 Å². The van der Waals surface area contributed by atoms with E-state index in [4.69, 9.17) is 0 Å². The van der Waals surface area contributed by atoms with Crippen LogP contribution in [0.3, 0.4) is 0 Å². The molecular formula is C13H18BrF3N2O. The number of hydrogen-bond acceptors (Lipinski definition) is 2. The summed E-state index contributed by atoms with van der Waals surface area (Å²) in [6.45, 7) is 2.36. The summed E-state index contributed by atoms with van der Waals surface area (Å²) in [5.74, 6) is -2.22. The van der Waals surface area contributed by atoms with Gasteiger partial charge in [-0.3, -0.25) is 4.68 Å². The lowest BCUT2D eigenvalue weighted by atomic mass is 9.75. The molecule has 1 aromatic heterocycles. The van der Waals surface area contributed by atoms with Gasteiger partial charge in [0.25, 0.3) is 0 Å². The summed E-state index contributed by atoms with van der Waals surface area (Å²) in [4.78, 5) is 0. The van der Waals surface area contributed by atoms with E-state index in [1.165, 1.54) is 6.20 Å². The van der Waals surface area contributed by atoms with Gasteiger partial charge in [-0.1, -0.05) is 12.8 Å². The number of halogens is 4. The lowest BCUT2D eigenvalue weighted by Crippen LogP contribution is -2.36. The van der Waals surface area contributed by atoms with Crippen LogP contribution in [0.15, 0.2) is 10.7 Å². The summed E-state index contributed by atoms with van der Waals surface area (Å²) in [7, 11) is 0. The predicted molar refractivity (Wildman–Crippen MR) is 72.1 cm³/mol. The molecule has 1 fully saturated rings. The van der Waals surface area contributed by atoms with Gasteiger partial charge in [-0.15, -0.1) is 0 Å². The largest absolute Gasteiger partial charge is 0.392 e. The molecule has 114 valence electrons. The van der Waals surface area contributed by atoms with Crippen LogP contribution in [0.25, 0.3) is 0 Å². The van der Waals surface area contributed by atoms with Gasteiger partial charge in [0.2, 0.25) is 0 Å². The highest BCUT2D eigenvalue weighted by atomic mass is 79.9. The lowest BCUT2D eigenvalue weighted by molar-refractivity contribution is -0.207. The zero-order valence-electron chi connectivity index (χ0n) is 11.2. The fraction of sp³-hybridized carbons (Fsp3) is 0.769. The van der Waals surface area contributed by atoms with Crippen LogP contribution in [0.1, 0.15) is 44.4 Å². The van der Waals surface area contributed by atoms with Gasteiger partial charge >= 0.3 is 6.18 Å². The first kappa shape index (κ1) is 15.8. The Morgan fingerprint density at radius 3 is 2.70 bits per heavy atom. The van der Waals surface area contributed by atoms with Gasteiger partial charge in [0, 0.05) is 12.5 Å². The van der Waals surface area contributed by atoms with Crippen LogP contribution in [-0.4, -0.2) is 21.1 Å². The molecule has 0 amide bonds. The van der Waals surface area contributed by atoms with Crippen molar-refractivity contribution in [2.45, 2.75) is 51.4 Å². The van der Waals surface area contributed by atoms with Gasteiger partial charge in [0.05, 0.1) is 22.3 Å². The Bertz CT molecular complexity index is 461. The number of hydrogen-bond donors (Lipinski definition) is 1. The first-order valence-electron chi connectivity index (χ1n) is 6.82. The molecule has 7 heteroatoms. The van der Waals surface area contributed by atoms with E-state index in [0.29, 0.717) is 29.6 Å².